The number of carbonyl (C=O) groups is 1. The molecule has 0 radical (unpaired) electrons. The smallest absolute Gasteiger partial charge is 0.252 e. The minimum atomic E-state index is 0.0320. The van der Waals surface area contributed by atoms with Crippen LogP contribution in [0.15, 0.2) is 11.4 Å². The third-order valence-electron chi connectivity index (χ3n) is 4.17. The van der Waals surface area contributed by atoms with E-state index in [1.807, 2.05) is 11.4 Å². The number of nitrogens with two attached hydrogens (primary N) is 1. The van der Waals surface area contributed by atoms with Crippen molar-refractivity contribution in [3.63, 3.8) is 0 Å². The molecule has 0 bridgehead atoms. The van der Waals surface area contributed by atoms with Crippen LogP contribution in [0, 0.1) is 23.7 Å². The van der Waals surface area contributed by atoms with Crippen molar-refractivity contribution in [2.24, 2.45) is 17.6 Å². The first kappa shape index (κ1) is 16.1. The molecule has 0 saturated heterocycles. The number of hydrogen-bond acceptors (Lipinski definition) is 3. The molecule has 1 heterocycles. The van der Waals surface area contributed by atoms with E-state index in [1.165, 1.54) is 30.6 Å². The monoisotopic (exact) mass is 304 g/mol. The van der Waals surface area contributed by atoms with E-state index < -0.39 is 0 Å². The molecule has 0 aliphatic heterocycles. The standard InChI is InChI=1S/C17H24N2OS/c1-12(2)15-7-3-4-8-16(15)19-17(20)13-10-14(21-11-13)6-5-9-18/h10-12,15-16H,3-4,7-9,18H2,1-2H3,(H,19,20). The van der Waals surface area contributed by atoms with Gasteiger partial charge in [0.15, 0.2) is 0 Å². The molecule has 1 aliphatic rings. The molecule has 1 amide bonds. The molecule has 1 saturated carbocycles. The average Bonchev–Trinajstić information content (AvgIpc) is 2.94. The van der Waals surface area contributed by atoms with Gasteiger partial charge >= 0.3 is 0 Å². The van der Waals surface area contributed by atoms with Crippen LogP contribution in [-0.2, 0) is 0 Å². The van der Waals surface area contributed by atoms with Gasteiger partial charge in [0, 0.05) is 11.4 Å². The first-order chi connectivity index (χ1) is 10.1. The molecule has 2 unspecified atom stereocenters. The van der Waals surface area contributed by atoms with Crippen molar-refractivity contribution in [3.8, 4) is 11.8 Å². The molecule has 1 fully saturated rings. The molecule has 0 spiro atoms. The van der Waals surface area contributed by atoms with Gasteiger partial charge in [-0.1, -0.05) is 38.5 Å². The molecular formula is C17H24N2OS. The molecule has 114 valence electrons. The topological polar surface area (TPSA) is 55.1 Å². The largest absolute Gasteiger partial charge is 0.349 e. The Balaban J connectivity index is 2.01. The Labute approximate surface area is 131 Å². The zero-order valence-electron chi connectivity index (χ0n) is 12.8. The fourth-order valence-electron chi connectivity index (χ4n) is 3.05. The molecule has 1 aromatic heterocycles. The molecule has 0 aromatic carbocycles. The second kappa shape index (κ2) is 7.63. The lowest BCUT2D eigenvalue weighted by Gasteiger charge is -2.34. The molecular weight excluding hydrogens is 280 g/mol. The van der Waals surface area contributed by atoms with E-state index >= 15 is 0 Å². The van der Waals surface area contributed by atoms with Crippen molar-refractivity contribution in [2.75, 3.05) is 6.54 Å². The van der Waals surface area contributed by atoms with Gasteiger partial charge in [0.1, 0.15) is 0 Å². The van der Waals surface area contributed by atoms with Crippen LogP contribution in [0.25, 0.3) is 0 Å². The predicted molar refractivity (Wildman–Crippen MR) is 88.3 cm³/mol. The van der Waals surface area contributed by atoms with Crippen LogP contribution < -0.4 is 11.1 Å². The summed E-state index contributed by atoms with van der Waals surface area (Å²) in [5.41, 5.74) is 6.08. The maximum atomic E-state index is 12.4. The van der Waals surface area contributed by atoms with Crippen molar-refractivity contribution in [1.82, 2.24) is 5.32 Å². The maximum Gasteiger partial charge on any atom is 0.252 e. The Hall–Kier alpha value is -1.31. The van der Waals surface area contributed by atoms with Crippen molar-refractivity contribution in [3.05, 3.63) is 21.9 Å². The molecule has 2 rings (SSSR count). The lowest BCUT2D eigenvalue weighted by Crippen LogP contribution is -2.43. The van der Waals surface area contributed by atoms with Gasteiger partial charge < -0.3 is 11.1 Å². The highest BCUT2D eigenvalue weighted by Crippen LogP contribution is 2.30. The van der Waals surface area contributed by atoms with Gasteiger partial charge in [0.05, 0.1) is 17.0 Å². The summed E-state index contributed by atoms with van der Waals surface area (Å²) in [6.07, 6.45) is 4.82. The van der Waals surface area contributed by atoms with Gasteiger partial charge in [-0.2, -0.15) is 0 Å². The van der Waals surface area contributed by atoms with Crippen LogP contribution in [0.1, 0.15) is 54.8 Å². The fourth-order valence-corrected chi connectivity index (χ4v) is 3.80. The highest BCUT2D eigenvalue weighted by Gasteiger charge is 2.28. The van der Waals surface area contributed by atoms with E-state index in [4.69, 9.17) is 5.73 Å². The van der Waals surface area contributed by atoms with Gasteiger partial charge in [0.2, 0.25) is 0 Å². The molecule has 4 heteroatoms. The fraction of sp³-hybridized carbons (Fsp3) is 0.588. The summed E-state index contributed by atoms with van der Waals surface area (Å²) < 4.78 is 0. The van der Waals surface area contributed by atoms with E-state index in [9.17, 15) is 4.79 Å². The van der Waals surface area contributed by atoms with Crippen LogP contribution in [0.3, 0.4) is 0 Å². The van der Waals surface area contributed by atoms with Gasteiger partial charge in [-0.3, -0.25) is 4.79 Å². The van der Waals surface area contributed by atoms with Gasteiger partial charge in [-0.15, -0.1) is 11.3 Å². The summed E-state index contributed by atoms with van der Waals surface area (Å²) in [7, 11) is 0. The zero-order chi connectivity index (χ0) is 15.2. The number of nitrogens with one attached hydrogen (secondary N) is 1. The molecule has 21 heavy (non-hydrogen) atoms. The summed E-state index contributed by atoms with van der Waals surface area (Å²) in [5.74, 6) is 7.03. The maximum absolute atomic E-state index is 12.4. The van der Waals surface area contributed by atoms with Crippen LogP contribution in [0.5, 0.6) is 0 Å². The van der Waals surface area contributed by atoms with Gasteiger partial charge in [0.25, 0.3) is 5.91 Å². The molecule has 1 aromatic rings. The summed E-state index contributed by atoms with van der Waals surface area (Å²) in [6, 6.07) is 2.17. The summed E-state index contributed by atoms with van der Waals surface area (Å²) >= 11 is 1.50. The Morgan fingerprint density at radius 1 is 1.48 bits per heavy atom. The van der Waals surface area contributed by atoms with Gasteiger partial charge in [-0.25, -0.2) is 0 Å². The van der Waals surface area contributed by atoms with E-state index in [1.54, 1.807) is 0 Å². The molecule has 3 nitrogen and oxygen atoms in total. The summed E-state index contributed by atoms with van der Waals surface area (Å²) in [5, 5.41) is 5.11. The SMILES string of the molecule is CC(C)C1CCCCC1NC(=O)c1csc(C#CCN)c1. The first-order valence-corrected chi connectivity index (χ1v) is 8.58. The lowest BCUT2D eigenvalue weighted by atomic mass is 9.78. The Bertz CT molecular complexity index is 538. The summed E-state index contributed by atoms with van der Waals surface area (Å²) in [4.78, 5) is 13.3. The highest BCUT2D eigenvalue weighted by atomic mass is 32.1. The lowest BCUT2D eigenvalue weighted by molar-refractivity contribution is 0.0889. The number of amides is 1. The third-order valence-corrected chi connectivity index (χ3v) is 5.01. The number of rotatable bonds is 3. The molecule has 1 aliphatic carbocycles. The molecule has 2 atom stereocenters. The quantitative estimate of drug-likeness (QED) is 0.843. The van der Waals surface area contributed by atoms with E-state index in [0.717, 1.165) is 16.9 Å². The molecule has 3 N–H and O–H groups in total. The normalized spacial score (nSPS) is 21.7. The number of carbonyl (C=O) groups excluding carboxylic acids is 1. The van der Waals surface area contributed by atoms with Crippen LogP contribution >= 0.6 is 11.3 Å². The second-order valence-electron chi connectivity index (χ2n) is 5.98. The van der Waals surface area contributed by atoms with Crippen molar-refractivity contribution in [2.45, 2.75) is 45.6 Å². The Morgan fingerprint density at radius 3 is 2.95 bits per heavy atom. The number of hydrogen-bond donors (Lipinski definition) is 2. The first-order valence-electron chi connectivity index (χ1n) is 7.70. The van der Waals surface area contributed by atoms with E-state index in [2.05, 4.69) is 31.0 Å². The highest BCUT2D eigenvalue weighted by molar-refractivity contribution is 7.10. The summed E-state index contributed by atoms with van der Waals surface area (Å²) in [6.45, 7) is 4.85. The number of thiophene rings is 1. The van der Waals surface area contributed by atoms with Crippen LogP contribution in [0.4, 0.5) is 0 Å². The predicted octanol–water partition coefficient (Wildman–Crippen LogP) is 3.00. The van der Waals surface area contributed by atoms with Crippen LogP contribution in [-0.4, -0.2) is 18.5 Å². The van der Waals surface area contributed by atoms with E-state index in [-0.39, 0.29) is 5.91 Å². The second-order valence-corrected chi connectivity index (χ2v) is 6.89. The van der Waals surface area contributed by atoms with Crippen molar-refractivity contribution in [1.29, 1.82) is 0 Å². The average molecular weight is 304 g/mol. The minimum absolute atomic E-state index is 0.0320. The third kappa shape index (κ3) is 4.33. The van der Waals surface area contributed by atoms with Crippen LogP contribution in [0.2, 0.25) is 0 Å². The van der Waals surface area contributed by atoms with Gasteiger partial charge in [-0.05, 0) is 30.7 Å². The Morgan fingerprint density at radius 2 is 2.24 bits per heavy atom. The Kier molecular flexibility index (Phi) is 5.84. The van der Waals surface area contributed by atoms with Crippen molar-refractivity contribution >= 4 is 17.2 Å². The minimum Gasteiger partial charge on any atom is -0.349 e. The van der Waals surface area contributed by atoms with Crippen molar-refractivity contribution < 1.29 is 4.79 Å². The zero-order valence-corrected chi connectivity index (χ0v) is 13.6. The van der Waals surface area contributed by atoms with E-state index in [0.29, 0.717) is 24.4 Å².